The van der Waals surface area contributed by atoms with Gasteiger partial charge in [0, 0.05) is 12.3 Å². The van der Waals surface area contributed by atoms with Crippen LogP contribution in [0.4, 0.5) is 0 Å². The van der Waals surface area contributed by atoms with Crippen molar-refractivity contribution in [3.05, 3.63) is 54.4 Å². The van der Waals surface area contributed by atoms with Gasteiger partial charge in [-0.15, -0.1) is 17.9 Å². The predicted molar refractivity (Wildman–Crippen MR) is 162 cm³/mol. The molecule has 15 heteroatoms. The molecule has 2 aliphatic carbocycles. The van der Waals surface area contributed by atoms with Crippen LogP contribution in [0.25, 0.3) is 21.6 Å². The van der Waals surface area contributed by atoms with Gasteiger partial charge in [-0.3, -0.25) is 19.1 Å². The predicted octanol–water partition coefficient (Wildman–Crippen LogP) is 0.696. The van der Waals surface area contributed by atoms with Crippen molar-refractivity contribution in [2.24, 2.45) is 11.7 Å². The lowest BCUT2D eigenvalue weighted by atomic mass is 10.1. The molecule has 232 valence electrons. The Labute approximate surface area is 257 Å². The van der Waals surface area contributed by atoms with Gasteiger partial charge < -0.3 is 25.8 Å². The van der Waals surface area contributed by atoms with Gasteiger partial charge in [-0.05, 0) is 42.8 Å². The summed E-state index contributed by atoms with van der Waals surface area (Å²) in [6.07, 6.45) is 1.87. The van der Waals surface area contributed by atoms with Gasteiger partial charge in [0.2, 0.25) is 27.7 Å². The minimum absolute atomic E-state index is 0.0188. The third kappa shape index (κ3) is 5.67. The van der Waals surface area contributed by atoms with E-state index in [0.29, 0.717) is 29.6 Å². The Bertz CT molecular complexity index is 1730. The summed E-state index contributed by atoms with van der Waals surface area (Å²) >= 11 is 1.46. The lowest BCUT2D eigenvalue weighted by Crippen LogP contribution is -2.58. The number of aromatic nitrogens is 2. The number of fused-ring (bicyclic) bond motifs is 1. The number of ether oxygens (including phenoxy) is 1. The summed E-state index contributed by atoms with van der Waals surface area (Å²) in [6.45, 7) is 3.02. The number of thiophene rings is 1. The van der Waals surface area contributed by atoms with Crippen LogP contribution in [0.2, 0.25) is 0 Å². The second-order valence-electron chi connectivity index (χ2n) is 11.3. The van der Waals surface area contributed by atoms with Crippen molar-refractivity contribution in [1.82, 2.24) is 24.9 Å². The molecule has 2 aromatic heterocycles. The molecule has 1 saturated heterocycles. The number of nitrogens with two attached hydrogens (primary N) is 1. The van der Waals surface area contributed by atoms with Gasteiger partial charge in [0.05, 0.1) is 34.3 Å². The van der Waals surface area contributed by atoms with Crippen molar-refractivity contribution in [3.63, 3.8) is 0 Å². The van der Waals surface area contributed by atoms with Crippen molar-refractivity contribution < 1.29 is 32.6 Å². The maximum Gasteiger partial charge on any atom is 0.259 e. The number of nitrogens with one attached hydrogen (secondary N) is 2. The zero-order valence-corrected chi connectivity index (χ0v) is 25.2. The van der Waals surface area contributed by atoms with Crippen LogP contribution in [-0.4, -0.2) is 88.2 Å². The highest BCUT2D eigenvalue weighted by Crippen LogP contribution is 2.45. The van der Waals surface area contributed by atoms with Gasteiger partial charge in [0.25, 0.3) is 5.91 Å². The average molecular weight is 641 g/mol. The Morgan fingerprint density at radius 3 is 2.55 bits per heavy atom. The Hall–Kier alpha value is -3.92. The van der Waals surface area contributed by atoms with Crippen LogP contribution in [-0.2, 0) is 24.4 Å². The Kier molecular flexibility index (Phi) is 7.90. The number of sulfonamides is 1. The first-order valence-corrected chi connectivity index (χ1v) is 16.6. The molecule has 5 atom stereocenters. The number of amides is 3. The van der Waals surface area contributed by atoms with Crippen molar-refractivity contribution in [2.45, 2.75) is 54.7 Å². The summed E-state index contributed by atoms with van der Waals surface area (Å²) in [5, 5.41) is 13.6. The van der Waals surface area contributed by atoms with Crippen LogP contribution in [0.5, 0.6) is 5.88 Å². The molecule has 3 aliphatic rings. The van der Waals surface area contributed by atoms with Gasteiger partial charge in [0.15, 0.2) is 0 Å². The van der Waals surface area contributed by atoms with E-state index in [0.717, 1.165) is 4.88 Å². The molecule has 0 bridgehead atoms. The van der Waals surface area contributed by atoms with E-state index in [4.69, 9.17) is 15.5 Å². The van der Waals surface area contributed by atoms with Crippen molar-refractivity contribution >= 4 is 50.1 Å². The fraction of sp³-hybridized carbons (Fsp3) is 0.414. The number of para-hydroxylation sites is 2. The number of benzene rings is 1. The maximum atomic E-state index is 13.8. The van der Waals surface area contributed by atoms with Crippen LogP contribution >= 0.6 is 11.3 Å². The quantitative estimate of drug-likeness (QED) is 0.217. The largest absolute Gasteiger partial charge is 0.471 e. The fourth-order valence-corrected chi connectivity index (χ4v) is 7.55. The molecule has 44 heavy (non-hydrogen) atoms. The lowest BCUT2D eigenvalue weighted by molar-refractivity contribution is -0.141. The number of hydrogen-bond acceptors (Lipinski definition) is 11. The van der Waals surface area contributed by atoms with Crippen LogP contribution in [0.1, 0.15) is 25.7 Å². The molecule has 6 rings (SSSR count). The second-order valence-corrected chi connectivity index (χ2v) is 14.2. The van der Waals surface area contributed by atoms with Gasteiger partial charge in [-0.1, -0.05) is 24.3 Å². The van der Waals surface area contributed by atoms with E-state index in [1.165, 1.54) is 22.3 Å². The van der Waals surface area contributed by atoms with Crippen LogP contribution in [0.15, 0.2) is 54.4 Å². The summed E-state index contributed by atoms with van der Waals surface area (Å²) in [5.41, 5.74) is 6.12. The summed E-state index contributed by atoms with van der Waals surface area (Å²) in [4.78, 5) is 51.7. The second kappa shape index (κ2) is 11.5. The molecule has 0 radical (unpaired) electrons. The number of carbonyl (C=O) groups excluding carboxylic acids is 3. The normalized spacial score (nSPS) is 25.3. The van der Waals surface area contributed by atoms with Crippen LogP contribution in [0.3, 0.4) is 0 Å². The minimum Gasteiger partial charge on any atom is -0.471 e. The van der Waals surface area contributed by atoms with Gasteiger partial charge in [-0.2, -0.15) is 0 Å². The highest BCUT2D eigenvalue weighted by molar-refractivity contribution is 7.91. The summed E-state index contributed by atoms with van der Waals surface area (Å²) in [7, 11) is -3.86. The highest BCUT2D eigenvalue weighted by atomic mass is 32.2. The number of aliphatic hydroxyl groups excluding tert-OH is 1. The first-order chi connectivity index (χ1) is 21.1. The zero-order valence-electron chi connectivity index (χ0n) is 23.6. The molecular weight excluding hydrogens is 608 g/mol. The first kappa shape index (κ1) is 30.1. The van der Waals surface area contributed by atoms with Gasteiger partial charge in [-0.25, -0.2) is 18.4 Å². The molecule has 0 unspecified atom stereocenters. The summed E-state index contributed by atoms with van der Waals surface area (Å²) in [6, 6.07) is 8.68. The third-order valence-electron chi connectivity index (χ3n) is 8.18. The monoisotopic (exact) mass is 640 g/mol. The Morgan fingerprint density at radius 1 is 1.20 bits per heavy atom. The van der Waals surface area contributed by atoms with E-state index < -0.39 is 69.2 Å². The molecule has 0 spiro atoms. The maximum absolute atomic E-state index is 13.8. The van der Waals surface area contributed by atoms with E-state index in [1.807, 2.05) is 35.7 Å². The molecule has 3 aromatic rings. The highest BCUT2D eigenvalue weighted by Gasteiger charge is 2.62. The summed E-state index contributed by atoms with van der Waals surface area (Å²) < 4.78 is 33.4. The number of rotatable bonds is 11. The van der Waals surface area contributed by atoms with E-state index in [1.54, 1.807) is 6.07 Å². The molecule has 13 nitrogen and oxygen atoms in total. The molecule has 5 N–H and O–H groups in total. The standard InChI is InChI=1S/C29H32N6O7S2/c1-2-16-13-29(16,28(39)34-44(40,41)18-9-10-18)33-25(37)22-12-17(14-35(22)27(38)19(30)15-36)42-26-24(23-8-5-11-43-23)31-20-6-3-4-7-21(20)32-26/h2-8,11,16-19,22,36H,1,9-10,12-15,30H2,(H,33,37)(H,34,39)/t16-,17-,19+,22+,29-/m1/s1. The fourth-order valence-electron chi connectivity index (χ4n) is 5.48. The Balaban J connectivity index is 1.26. The third-order valence-corrected chi connectivity index (χ3v) is 10.9. The number of aliphatic hydroxyl groups is 1. The van der Waals surface area contributed by atoms with Crippen molar-refractivity contribution in [3.8, 4) is 16.5 Å². The molecule has 3 heterocycles. The number of nitrogens with zero attached hydrogens (tertiary/aromatic N) is 3. The number of carbonyl (C=O) groups is 3. The number of likely N-dealkylation sites (tertiary alicyclic amines) is 1. The SMILES string of the molecule is C=C[C@@H]1C[C@]1(NC(=O)[C@@H]1C[C@@H](Oc2nc3ccccc3nc2-c2cccs2)CN1C(=O)[C@@H](N)CO)C(=O)NS(=O)(=O)C1CC1. The Morgan fingerprint density at radius 2 is 1.93 bits per heavy atom. The molecule has 2 saturated carbocycles. The zero-order chi connectivity index (χ0) is 31.2. The minimum atomic E-state index is -3.86. The lowest BCUT2D eigenvalue weighted by Gasteiger charge is -2.27. The van der Waals surface area contributed by atoms with E-state index >= 15 is 0 Å². The van der Waals surface area contributed by atoms with Crippen LogP contribution in [0, 0.1) is 5.92 Å². The molecule has 3 fully saturated rings. The molecule has 1 aromatic carbocycles. The van der Waals surface area contributed by atoms with Crippen molar-refractivity contribution in [1.29, 1.82) is 0 Å². The number of hydrogen-bond donors (Lipinski definition) is 4. The average Bonchev–Trinajstić information content (AvgIpc) is 3.89. The topological polar surface area (TPSA) is 194 Å². The smallest absolute Gasteiger partial charge is 0.259 e. The first-order valence-electron chi connectivity index (χ1n) is 14.2. The van der Waals surface area contributed by atoms with Crippen LogP contribution < -0.4 is 20.5 Å². The molecule has 1 aliphatic heterocycles. The van der Waals surface area contributed by atoms with E-state index in [2.05, 4.69) is 21.6 Å². The van der Waals surface area contributed by atoms with Crippen molar-refractivity contribution in [2.75, 3.05) is 13.2 Å². The van der Waals surface area contributed by atoms with E-state index in [-0.39, 0.29) is 25.3 Å². The molecular formula is C29H32N6O7S2. The van der Waals surface area contributed by atoms with Gasteiger partial charge in [0.1, 0.15) is 29.4 Å². The van der Waals surface area contributed by atoms with E-state index in [9.17, 15) is 27.9 Å². The van der Waals surface area contributed by atoms with Gasteiger partial charge >= 0.3 is 0 Å². The molecule has 3 amide bonds. The summed E-state index contributed by atoms with van der Waals surface area (Å²) in [5.74, 6) is -2.47.